The van der Waals surface area contributed by atoms with Crippen LogP contribution in [0.4, 0.5) is 4.39 Å². The van der Waals surface area contributed by atoms with Gasteiger partial charge in [0.05, 0.1) is 0 Å². The summed E-state index contributed by atoms with van der Waals surface area (Å²) in [5.41, 5.74) is 0.556. The lowest BCUT2D eigenvalue weighted by Gasteiger charge is -2.02. The molecule has 14 heavy (non-hydrogen) atoms. The van der Waals surface area contributed by atoms with Crippen LogP contribution in [0.2, 0.25) is 0 Å². The van der Waals surface area contributed by atoms with Crippen LogP contribution in [0.3, 0.4) is 0 Å². The van der Waals surface area contributed by atoms with E-state index in [1.54, 1.807) is 11.8 Å². The maximum atomic E-state index is 12.7. The summed E-state index contributed by atoms with van der Waals surface area (Å²) in [4.78, 5) is 11.6. The molecule has 0 amide bonds. The molecule has 0 heterocycles. The molecule has 1 aromatic rings. The molecule has 1 rings (SSSR count). The Morgan fingerprint density at radius 2 is 2.29 bits per heavy atom. The number of hydrogen-bond acceptors (Lipinski definition) is 2. The van der Waals surface area contributed by atoms with Crippen molar-refractivity contribution in [1.82, 2.24) is 0 Å². The largest absolute Gasteiger partial charge is 0.294 e. The van der Waals surface area contributed by atoms with E-state index in [-0.39, 0.29) is 11.6 Å². The SMILES string of the molecule is CSCCC(=O)c1ccc(F)cc1Br. The number of Topliss-reactive ketones (excluding diaryl/α,β-unsaturated/α-hetero) is 1. The number of thioether (sulfide) groups is 1. The third-order valence-electron chi connectivity index (χ3n) is 1.76. The highest BCUT2D eigenvalue weighted by Gasteiger charge is 2.09. The Balaban J connectivity index is 2.80. The molecular weight excluding hydrogens is 267 g/mol. The minimum absolute atomic E-state index is 0.0474. The van der Waals surface area contributed by atoms with E-state index >= 15 is 0 Å². The summed E-state index contributed by atoms with van der Waals surface area (Å²) in [6.07, 6.45) is 2.44. The molecule has 0 N–H and O–H groups in total. The zero-order chi connectivity index (χ0) is 10.6. The molecule has 0 spiro atoms. The third kappa shape index (κ3) is 3.10. The molecule has 0 atom stereocenters. The van der Waals surface area contributed by atoms with Crippen LogP contribution in [0.1, 0.15) is 16.8 Å². The second-order valence-corrected chi connectivity index (χ2v) is 4.63. The molecule has 0 aliphatic carbocycles. The van der Waals surface area contributed by atoms with Gasteiger partial charge in [0, 0.05) is 22.2 Å². The smallest absolute Gasteiger partial charge is 0.164 e. The van der Waals surface area contributed by atoms with Crippen LogP contribution < -0.4 is 0 Å². The Bertz CT molecular complexity index is 341. The predicted octanol–water partition coefficient (Wildman–Crippen LogP) is 3.52. The number of ketones is 1. The number of carbonyl (C=O) groups excluding carboxylic acids is 1. The van der Waals surface area contributed by atoms with Crippen LogP contribution in [0.15, 0.2) is 22.7 Å². The van der Waals surface area contributed by atoms with Gasteiger partial charge in [-0.2, -0.15) is 11.8 Å². The molecule has 1 nitrogen and oxygen atoms in total. The molecular formula is C10H10BrFOS. The van der Waals surface area contributed by atoms with E-state index in [0.717, 1.165) is 5.75 Å². The van der Waals surface area contributed by atoms with Gasteiger partial charge in [0.2, 0.25) is 0 Å². The lowest BCUT2D eigenvalue weighted by Crippen LogP contribution is -2.01. The van der Waals surface area contributed by atoms with Gasteiger partial charge in [-0.25, -0.2) is 4.39 Å². The monoisotopic (exact) mass is 276 g/mol. The van der Waals surface area contributed by atoms with Crippen molar-refractivity contribution in [1.29, 1.82) is 0 Å². The second-order valence-electron chi connectivity index (χ2n) is 2.79. The molecule has 0 aromatic heterocycles. The summed E-state index contributed by atoms with van der Waals surface area (Å²) in [6, 6.07) is 4.13. The topological polar surface area (TPSA) is 17.1 Å². The molecule has 4 heteroatoms. The van der Waals surface area contributed by atoms with Gasteiger partial charge >= 0.3 is 0 Å². The maximum Gasteiger partial charge on any atom is 0.164 e. The van der Waals surface area contributed by atoms with Crippen molar-refractivity contribution in [3.05, 3.63) is 34.1 Å². The Labute approximate surface area is 95.2 Å². The summed E-state index contributed by atoms with van der Waals surface area (Å²) in [7, 11) is 0. The number of hydrogen-bond donors (Lipinski definition) is 0. The van der Waals surface area contributed by atoms with Gasteiger partial charge in [-0.15, -0.1) is 0 Å². The van der Waals surface area contributed by atoms with E-state index in [0.29, 0.717) is 16.5 Å². The number of carbonyl (C=O) groups is 1. The van der Waals surface area contributed by atoms with Gasteiger partial charge in [-0.05, 0) is 40.4 Å². The number of benzene rings is 1. The number of rotatable bonds is 4. The van der Waals surface area contributed by atoms with E-state index in [9.17, 15) is 9.18 Å². The molecule has 0 unspecified atom stereocenters. The lowest BCUT2D eigenvalue weighted by atomic mass is 10.1. The van der Waals surface area contributed by atoms with E-state index < -0.39 is 0 Å². The maximum absolute atomic E-state index is 12.7. The fourth-order valence-corrected chi connectivity index (χ4v) is 2.01. The molecule has 76 valence electrons. The van der Waals surface area contributed by atoms with Crippen LogP contribution in [-0.2, 0) is 0 Å². The first-order valence-corrected chi connectivity index (χ1v) is 6.31. The van der Waals surface area contributed by atoms with Crippen molar-refractivity contribution < 1.29 is 9.18 Å². The van der Waals surface area contributed by atoms with Gasteiger partial charge in [0.15, 0.2) is 5.78 Å². The third-order valence-corrected chi connectivity index (χ3v) is 3.03. The minimum Gasteiger partial charge on any atom is -0.294 e. The number of halogens is 2. The standard InChI is InChI=1S/C10H10BrFOS/c1-14-5-4-10(13)8-3-2-7(12)6-9(8)11/h2-3,6H,4-5H2,1H3. The summed E-state index contributed by atoms with van der Waals surface area (Å²) >= 11 is 4.80. The van der Waals surface area contributed by atoms with Crippen LogP contribution in [0.25, 0.3) is 0 Å². The molecule has 0 aliphatic rings. The fraction of sp³-hybridized carbons (Fsp3) is 0.300. The Kier molecular flexibility index (Phi) is 4.62. The molecule has 0 fully saturated rings. The average Bonchev–Trinajstić information content (AvgIpc) is 2.14. The van der Waals surface area contributed by atoms with Crippen molar-refractivity contribution in [2.75, 3.05) is 12.0 Å². The van der Waals surface area contributed by atoms with Gasteiger partial charge in [-0.1, -0.05) is 0 Å². The zero-order valence-electron chi connectivity index (χ0n) is 7.72. The van der Waals surface area contributed by atoms with Gasteiger partial charge in [-0.3, -0.25) is 4.79 Å². The molecule has 0 saturated carbocycles. The molecule has 1 aromatic carbocycles. The van der Waals surface area contributed by atoms with Gasteiger partial charge < -0.3 is 0 Å². The molecule has 0 bridgehead atoms. The molecule has 0 aliphatic heterocycles. The normalized spacial score (nSPS) is 10.2. The highest BCUT2D eigenvalue weighted by atomic mass is 79.9. The van der Waals surface area contributed by atoms with Crippen molar-refractivity contribution in [2.24, 2.45) is 0 Å². The summed E-state index contributed by atoms with van der Waals surface area (Å²) < 4.78 is 13.2. The van der Waals surface area contributed by atoms with E-state index in [4.69, 9.17) is 0 Å². The van der Waals surface area contributed by atoms with Crippen LogP contribution in [0, 0.1) is 5.82 Å². The second kappa shape index (κ2) is 5.51. The van der Waals surface area contributed by atoms with Crippen LogP contribution in [-0.4, -0.2) is 17.8 Å². The van der Waals surface area contributed by atoms with E-state index in [2.05, 4.69) is 15.9 Å². The molecule has 0 saturated heterocycles. The highest BCUT2D eigenvalue weighted by molar-refractivity contribution is 9.10. The highest BCUT2D eigenvalue weighted by Crippen LogP contribution is 2.19. The van der Waals surface area contributed by atoms with Crippen molar-refractivity contribution in [3.8, 4) is 0 Å². The average molecular weight is 277 g/mol. The Hall–Kier alpha value is -0.350. The van der Waals surface area contributed by atoms with E-state index in [1.807, 2.05) is 6.26 Å². The van der Waals surface area contributed by atoms with Crippen molar-refractivity contribution in [2.45, 2.75) is 6.42 Å². The first-order valence-electron chi connectivity index (χ1n) is 4.12. The first-order chi connectivity index (χ1) is 6.65. The predicted molar refractivity (Wildman–Crippen MR) is 61.4 cm³/mol. The zero-order valence-corrected chi connectivity index (χ0v) is 10.1. The summed E-state index contributed by atoms with van der Waals surface area (Å²) in [5.74, 6) is 0.507. The summed E-state index contributed by atoms with van der Waals surface area (Å²) in [6.45, 7) is 0. The lowest BCUT2D eigenvalue weighted by molar-refractivity contribution is 0.0989. The minimum atomic E-state index is -0.335. The van der Waals surface area contributed by atoms with Crippen molar-refractivity contribution >= 4 is 33.5 Å². The van der Waals surface area contributed by atoms with Crippen LogP contribution in [0.5, 0.6) is 0 Å². The van der Waals surface area contributed by atoms with Gasteiger partial charge in [0.1, 0.15) is 5.82 Å². The first kappa shape index (κ1) is 11.7. The van der Waals surface area contributed by atoms with Gasteiger partial charge in [0.25, 0.3) is 0 Å². The fourth-order valence-electron chi connectivity index (χ4n) is 1.05. The summed E-state index contributed by atoms with van der Waals surface area (Å²) in [5, 5.41) is 0. The molecule has 0 radical (unpaired) electrons. The quantitative estimate of drug-likeness (QED) is 0.783. The van der Waals surface area contributed by atoms with Crippen molar-refractivity contribution in [3.63, 3.8) is 0 Å². The van der Waals surface area contributed by atoms with E-state index in [1.165, 1.54) is 18.2 Å². The Morgan fingerprint density at radius 1 is 1.57 bits per heavy atom. The van der Waals surface area contributed by atoms with Crippen LogP contribution >= 0.6 is 27.7 Å². The Morgan fingerprint density at radius 3 is 2.86 bits per heavy atom.